The van der Waals surface area contributed by atoms with Crippen LogP contribution in [0.4, 0.5) is 11.4 Å². The van der Waals surface area contributed by atoms with Gasteiger partial charge in [-0.15, -0.1) is 0 Å². The highest BCUT2D eigenvalue weighted by Crippen LogP contribution is 2.35. The lowest BCUT2D eigenvalue weighted by Gasteiger charge is -2.21. The summed E-state index contributed by atoms with van der Waals surface area (Å²) in [6.45, 7) is 1.67. The Hall–Kier alpha value is -1.38. The number of hydrogen-bond donors (Lipinski definition) is 1. The lowest BCUT2D eigenvalue weighted by Crippen LogP contribution is -2.20. The lowest BCUT2D eigenvalue weighted by atomic mass is 10.1. The van der Waals surface area contributed by atoms with Gasteiger partial charge in [0.15, 0.2) is 0 Å². The number of benzene rings is 2. The Morgan fingerprint density at radius 1 is 1.05 bits per heavy atom. The maximum Gasteiger partial charge on any atom is 0.0470 e. The van der Waals surface area contributed by atoms with Crippen LogP contribution in [0.25, 0.3) is 0 Å². The largest absolute Gasteiger partial charge is 0.398 e. The van der Waals surface area contributed by atoms with Gasteiger partial charge < -0.3 is 10.6 Å². The Labute approximate surface area is 122 Å². The van der Waals surface area contributed by atoms with Gasteiger partial charge in [0.05, 0.1) is 0 Å². The summed E-state index contributed by atoms with van der Waals surface area (Å²) in [5.41, 5.74) is 10.3. The zero-order valence-electron chi connectivity index (χ0n) is 10.4. The van der Waals surface area contributed by atoms with Gasteiger partial charge in [-0.05, 0) is 30.7 Å². The van der Waals surface area contributed by atoms with Crippen LogP contribution in [-0.2, 0) is 13.0 Å². The molecule has 1 aliphatic rings. The summed E-state index contributed by atoms with van der Waals surface area (Å²) in [5, 5.41) is 1.43. The van der Waals surface area contributed by atoms with Crippen molar-refractivity contribution < 1.29 is 0 Å². The molecule has 1 aliphatic heterocycles. The normalized spacial score (nSPS) is 13.7. The topological polar surface area (TPSA) is 29.3 Å². The van der Waals surface area contributed by atoms with Crippen LogP contribution in [0.5, 0.6) is 0 Å². The SMILES string of the molecule is Nc1cccc2c1CCN2Cc1c(Cl)cccc1Cl. The van der Waals surface area contributed by atoms with Crippen LogP contribution in [0, 0.1) is 0 Å². The van der Waals surface area contributed by atoms with Gasteiger partial charge in [-0.25, -0.2) is 0 Å². The van der Waals surface area contributed by atoms with Crippen LogP contribution in [0.1, 0.15) is 11.1 Å². The molecule has 0 unspecified atom stereocenters. The summed E-state index contributed by atoms with van der Waals surface area (Å²) >= 11 is 12.5. The number of nitrogens with zero attached hydrogens (tertiary/aromatic N) is 1. The first kappa shape index (κ1) is 12.6. The van der Waals surface area contributed by atoms with E-state index >= 15 is 0 Å². The summed E-state index contributed by atoms with van der Waals surface area (Å²) in [5.74, 6) is 0. The number of halogens is 2. The van der Waals surface area contributed by atoms with Crippen molar-refractivity contribution in [2.75, 3.05) is 17.2 Å². The number of fused-ring (bicyclic) bond motifs is 1. The van der Waals surface area contributed by atoms with E-state index in [2.05, 4.69) is 11.0 Å². The zero-order valence-corrected chi connectivity index (χ0v) is 11.9. The minimum atomic E-state index is 0.713. The second-order valence-electron chi connectivity index (χ2n) is 4.72. The summed E-state index contributed by atoms with van der Waals surface area (Å²) in [4.78, 5) is 2.28. The second-order valence-corrected chi connectivity index (χ2v) is 5.53. The van der Waals surface area contributed by atoms with E-state index in [0.717, 1.165) is 30.8 Å². The van der Waals surface area contributed by atoms with Crippen LogP contribution in [-0.4, -0.2) is 6.54 Å². The average molecular weight is 293 g/mol. The first-order valence-electron chi connectivity index (χ1n) is 6.22. The van der Waals surface area contributed by atoms with E-state index in [-0.39, 0.29) is 0 Å². The molecule has 3 rings (SSSR count). The molecule has 19 heavy (non-hydrogen) atoms. The molecular weight excluding hydrogens is 279 g/mol. The number of anilines is 2. The molecule has 0 bridgehead atoms. The third-order valence-electron chi connectivity index (χ3n) is 3.57. The summed E-state index contributed by atoms with van der Waals surface area (Å²) in [6, 6.07) is 11.7. The van der Waals surface area contributed by atoms with Gasteiger partial charge in [0.1, 0.15) is 0 Å². The zero-order chi connectivity index (χ0) is 13.4. The van der Waals surface area contributed by atoms with Gasteiger partial charge in [0.25, 0.3) is 0 Å². The number of nitrogens with two attached hydrogens (primary N) is 1. The minimum absolute atomic E-state index is 0.713. The standard InChI is InChI=1S/C15H14Cl2N2/c16-12-3-1-4-13(17)11(12)9-19-8-7-10-14(18)5-2-6-15(10)19/h1-6H,7-9,18H2. The predicted octanol–water partition coefficient (Wildman–Crippen LogP) is 4.14. The van der Waals surface area contributed by atoms with Crippen LogP contribution >= 0.6 is 23.2 Å². The predicted molar refractivity (Wildman–Crippen MR) is 82.1 cm³/mol. The minimum Gasteiger partial charge on any atom is -0.398 e. The average Bonchev–Trinajstić information content (AvgIpc) is 2.79. The Bertz CT molecular complexity index is 605. The Kier molecular flexibility index (Phi) is 3.29. The van der Waals surface area contributed by atoms with E-state index in [0.29, 0.717) is 10.0 Å². The molecule has 0 amide bonds. The molecule has 1 heterocycles. The number of hydrogen-bond acceptors (Lipinski definition) is 2. The van der Waals surface area contributed by atoms with Crippen molar-refractivity contribution in [2.24, 2.45) is 0 Å². The van der Waals surface area contributed by atoms with Crippen molar-refractivity contribution in [3.63, 3.8) is 0 Å². The van der Waals surface area contributed by atoms with Gasteiger partial charge in [-0.2, -0.15) is 0 Å². The molecule has 0 saturated carbocycles. The van der Waals surface area contributed by atoms with Crippen molar-refractivity contribution in [1.29, 1.82) is 0 Å². The first-order valence-corrected chi connectivity index (χ1v) is 6.97. The van der Waals surface area contributed by atoms with Gasteiger partial charge >= 0.3 is 0 Å². The number of rotatable bonds is 2. The Balaban J connectivity index is 1.93. The fourth-order valence-corrected chi connectivity index (χ4v) is 3.08. The molecule has 0 atom stereocenters. The van der Waals surface area contributed by atoms with E-state index in [1.165, 1.54) is 11.3 Å². The van der Waals surface area contributed by atoms with Gasteiger partial charge in [0, 0.05) is 45.6 Å². The Morgan fingerprint density at radius 3 is 2.47 bits per heavy atom. The third kappa shape index (κ3) is 2.26. The van der Waals surface area contributed by atoms with Crippen LogP contribution < -0.4 is 10.6 Å². The van der Waals surface area contributed by atoms with Crippen LogP contribution in [0.2, 0.25) is 10.0 Å². The summed E-state index contributed by atoms with van der Waals surface area (Å²) in [6.07, 6.45) is 0.976. The van der Waals surface area contributed by atoms with Crippen LogP contribution in [0.15, 0.2) is 36.4 Å². The molecule has 0 saturated heterocycles. The number of nitrogen functional groups attached to an aromatic ring is 1. The molecule has 4 heteroatoms. The molecule has 2 nitrogen and oxygen atoms in total. The monoisotopic (exact) mass is 292 g/mol. The molecular formula is C15H14Cl2N2. The summed E-state index contributed by atoms with van der Waals surface area (Å²) < 4.78 is 0. The molecule has 0 aromatic heterocycles. The molecule has 0 spiro atoms. The van der Waals surface area contributed by atoms with Gasteiger partial charge in [0.2, 0.25) is 0 Å². The highest BCUT2D eigenvalue weighted by atomic mass is 35.5. The lowest BCUT2D eigenvalue weighted by molar-refractivity contribution is 0.836. The van der Waals surface area contributed by atoms with E-state index in [4.69, 9.17) is 28.9 Å². The summed E-state index contributed by atoms with van der Waals surface area (Å²) in [7, 11) is 0. The highest BCUT2D eigenvalue weighted by Gasteiger charge is 2.22. The van der Waals surface area contributed by atoms with E-state index in [1.54, 1.807) is 0 Å². The third-order valence-corrected chi connectivity index (χ3v) is 4.28. The van der Waals surface area contributed by atoms with E-state index < -0.39 is 0 Å². The molecule has 0 aliphatic carbocycles. The van der Waals surface area contributed by atoms with Crippen molar-refractivity contribution in [1.82, 2.24) is 0 Å². The quantitative estimate of drug-likeness (QED) is 0.843. The van der Waals surface area contributed by atoms with Crippen molar-refractivity contribution in [3.05, 3.63) is 57.6 Å². The fourth-order valence-electron chi connectivity index (χ4n) is 2.57. The maximum atomic E-state index is 6.23. The first-order chi connectivity index (χ1) is 9.16. The van der Waals surface area contributed by atoms with Crippen molar-refractivity contribution in [2.45, 2.75) is 13.0 Å². The Morgan fingerprint density at radius 2 is 1.74 bits per heavy atom. The molecule has 0 radical (unpaired) electrons. The van der Waals surface area contributed by atoms with E-state index in [9.17, 15) is 0 Å². The van der Waals surface area contributed by atoms with Gasteiger partial charge in [-0.1, -0.05) is 35.3 Å². The van der Waals surface area contributed by atoms with Crippen LogP contribution in [0.3, 0.4) is 0 Å². The van der Waals surface area contributed by atoms with Crippen molar-refractivity contribution in [3.8, 4) is 0 Å². The molecule has 98 valence electrons. The second kappa shape index (κ2) is 4.95. The smallest absolute Gasteiger partial charge is 0.0470 e. The molecule has 2 N–H and O–H groups in total. The fraction of sp³-hybridized carbons (Fsp3) is 0.200. The molecule has 2 aromatic carbocycles. The molecule has 2 aromatic rings. The van der Waals surface area contributed by atoms with Crippen molar-refractivity contribution >= 4 is 34.6 Å². The maximum absolute atomic E-state index is 6.23. The van der Waals surface area contributed by atoms with E-state index in [1.807, 2.05) is 30.3 Å². The highest BCUT2D eigenvalue weighted by molar-refractivity contribution is 6.36. The molecule has 0 fully saturated rings. The van der Waals surface area contributed by atoms with Gasteiger partial charge in [-0.3, -0.25) is 0 Å².